The van der Waals surface area contributed by atoms with Gasteiger partial charge in [-0.3, -0.25) is 4.79 Å². The molecule has 4 fully saturated rings. The first-order valence-corrected chi connectivity index (χ1v) is 12.0. The minimum Gasteiger partial charge on any atom is -0.346 e. The average molecular weight is 427 g/mol. The first kappa shape index (κ1) is 19.7. The van der Waals surface area contributed by atoms with Crippen LogP contribution in [-0.2, 0) is 0 Å². The Kier molecular flexibility index (Phi) is 4.67. The molecule has 5 nitrogen and oxygen atoms in total. The van der Waals surface area contributed by atoms with Gasteiger partial charge in [0, 0.05) is 11.6 Å². The molecule has 4 aliphatic rings. The largest absolute Gasteiger partial charge is 0.346 e. The molecule has 4 aliphatic carbocycles. The van der Waals surface area contributed by atoms with E-state index in [9.17, 15) is 4.79 Å². The topological polar surface area (TPSA) is 59.8 Å². The van der Waals surface area contributed by atoms with Gasteiger partial charge in [-0.15, -0.1) is 5.10 Å². The Morgan fingerprint density at radius 3 is 2.09 bits per heavy atom. The molecular formula is C27H30N4O. The van der Waals surface area contributed by atoms with Crippen molar-refractivity contribution in [2.45, 2.75) is 51.5 Å². The lowest BCUT2D eigenvalue weighted by molar-refractivity contribution is -0.0688. The van der Waals surface area contributed by atoms with Crippen molar-refractivity contribution in [2.24, 2.45) is 23.2 Å². The van der Waals surface area contributed by atoms with Gasteiger partial charge in [-0.1, -0.05) is 48.5 Å². The molecule has 32 heavy (non-hydrogen) atoms. The standard InChI is InChI=1S/C27H30N4O/c1-18(27-15-19-12-20(16-27)14-21(13-19)17-27)28-26(32)24-29-25(22-8-4-2-5-9-22)31(30-24)23-10-6-3-7-11-23/h2-11,18-21H,12-17H2,1H3,(H,28,32)/t18-,19?,20?,21?,27?/m0/s1. The molecule has 4 saturated carbocycles. The molecule has 4 bridgehead atoms. The molecular weight excluding hydrogens is 396 g/mol. The van der Waals surface area contributed by atoms with Crippen LogP contribution in [0.15, 0.2) is 60.7 Å². The number of benzene rings is 2. The second kappa shape index (κ2) is 7.58. The minimum absolute atomic E-state index is 0.146. The van der Waals surface area contributed by atoms with E-state index in [1.807, 2.05) is 60.7 Å². The summed E-state index contributed by atoms with van der Waals surface area (Å²) in [7, 11) is 0. The molecule has 1 heterocycles. The molecule has 1 atom stereocenters. The Morgan fingerprint density at radius 1 is 0.938 bits per heavy atom. The maximum atomic E-state index is 13.3. The summed E-state index contributed by atoms with van der Waals surface area (Å²) < 4.78 is 1.78. The second-order valence-electron chi connectivity index (χ2n) is 10.3. The molecule has 5 heteroatoms. The van der Waals surface area contributed by atoms with Gasteiger partial charge in [-0.05, 0) is 80.8 Å². The highest BCUT2D eigenvalue weighted by atomic mass is 16.2. The quantitative estimate of drug-likeness (QED) is 0.605. The number of nitrogens with zero attached hydrogens (tertiary/aromatic N) is 3. The molecule has 1 N–H and O–H groups in total. The number of para-hydroxylation sites is 1. The molecule has 0 unspecified atom stereocenters. The zero-order chi connectivity index (χ0) is 21.7. The molecule has 0 radical (unpaired) electrons. The van der Waals surface area contributed by atoms with Gasteiger partial charge in [0.2, 0.25) is 5.82 Å². The van der Waals surface area contributed by atoms with E-state index in [0.717, 1.165) is 29.0 Å². The maximum Gasteiger partial charge on any atom is 0.291 e. The lowest BCUT2D eigenvalue weighted by Crippen LogP contribution is -2.55. The SMILES string of the molecule is C[C@H](NC(=O)c1nc(-c2ccccc2)n(-c2ccccc2)n1)C12CC3CC(CC(C3)C1)C2. The van der Waals surface area contributed by atoms with Crippen molar-refractivity contribution in [3.63, 3.8) is 0 Å². The van der Waals surface area contributed by atoms with Gasteiger partial charge in [-0.25, -0.2) is 9.67 Å². The predicted octanol–water partition coefficient (Wildman–Crippen LogP) is 5.27. The molecule has 0 aliphatic heterocycles. The zero-order valence-corrected chi connectivity index (χ0v) is 18.6. The van der Waals surface area contributed by atoms with Crippen LogP contribution in [0, 0.1) is 23.2 Å². The van der Waals surface area contributed by atoms with Gasteiger partial charge in [0.25, 0.3) is 5.91 Å². The number of amides is 1. The first-order valence-electron chi connectivity index (χ1n) is 12.0. The van der Waals surface area contributed by atoms with Crippen molar-refractivity contribution in [3.8, 4) is 17.1 Å². The van der Waals surface area contributed by atoms with Crippen molar-refractivity contribution < 1.29 is 4.79 Å². The normalized spacial score (nSPS) is 29.1. The van der Waals surface area contributed by atoms with Gasteiger partial charge >= 0.3 is 0 Å². The monoisotopic (exact) mass is 426 g/mol. The minimum atomic E-state index is -0.167. The van der Waals surface area contributed by atoms with Crippen LogP contribution in [-0.4, -0.2) is 26.7 Å². The van der Waals surface area contributed by atoms with E-state index < -0.39 is 0 Å². The number of carbonyl (C=O) groups is 1. The van der Waals surface area contributed by atoms with Crippen molar-refractivity contribution in [1.29, 1.82) is 0 Å². The van der Waals surface area contributed by atoms with Crippen LogP contribution in [0.2, 0.25) is 0 Å². The van der Waals surface area contributed by atoms with Crippen molar-refractivity contribution in [1.82, 2.24) is 20.1 Å². The van der Waals surface area contributed by atoms with Gasteiger partial charge in [0.05, 0.1) is 5.69 Å². The molecule has 0 spiro atoms. The molecule has 3 aromatic rings. The summed E-state index contributed by atoms with van der Waals surface area (Å²) in [5.41, 5.74) is 2.10. The van der Waals surface area contributed by atoms with E-state index in [2.05, 4.69) is 17.3 Å². The van der Waals surface area contributed by atoms with Crippen LogP contribution < -0.4 is 5.32 Å². The third kappa shape index (κ3) is 3.35. The van der Waals surface area contributed by atoms with Crippen LogP contribution in [0.3, 0.4) is 0 Å². The van der Waals surface area contributed by atoms with Crippen molar-refractivity contribution in [2.75, 3.05) is 0 Å². The van der Waals surface area contributed by atoms with Crippen molar-refractivity contribution in [3.05, 3.63) is 66.5 Å². The Balaban J connectivity index is 1.29. The summed E-state index contributed by atoms with van der Waals surface area (Å²) in [5.74, 6) is 3.34. The van der Waals surface area contributed by atoms with Gasteiger partial charge in [0.1, 0.15) is 0 Å². The number of carbonyl (C=O) groups excluding carboxylic acids is 1. The lowest BCUT2D eigenvalue weighted by Gasteiger charge is -2.59. The summed E-state index contributed by atoms with van der Waals surface area (Å²) in [6.07, 6.45) is 8.01. The first-order chi connectivity index (χ1) is 15.6. The smallest absolute Gasteiger partial charge is 0.291 e. The zero-order valence-electron chi connectivity index (χ0n) is 18.6. The Labute approximate surface area is 189 Å². The highest BCUT2D eigenvalue weighted by molar-refractivity contribution is 5.91. The fraction of sp³-hybridized carbons (Fsp3) is 0.444. The Bertz CT molecular complexity index is 1030. The number of rotatable bonds is 5. The summed E-state index contributed by atoms with van der Waals surface area (Å²) in [5, 5.41) is 7.97. The molecule has 1 aromatic heterocycles. The van der Waals surface area contributed by atoms with Crippen LogP contribution in [0.4, 0.5) is 0 Å². The van der Waals surface area contributed by atoms with E-state index in [-0.39, 0.29) is 23.2 Å². The van der Waals surface area contributed by atoms with E-state index in [1.54, 1.807) is 4.68 Å². The highest BCUT2D eigenvalue weighted by Crippen LogP contribution is 2.61. The molecule has 164 valence electrons. The van der Waals surface area contributed by atoms with Crippen LogP contribution in [0.1, 0.15) is 56.1 Å². The van der Waals surface area contributed by atoms with E-state index in [4.69, 9.17) is 4.98 Å². The van der Waals surface area contributed by atoms with E-state index in [0.29, 0.717) is 5.82 Å². The lowest BCUT2D eigenvalue weighted by atomic mass is 9.48. The number of hydrogen-bond acceptors (Lipinski definition) is 3. The number of aromatic nitrogens is 3. The Hall–Kier alpha value is -2.95. The molecule has 7 rings (SSSR count). The second-order valence-corrected chi connectivity index (χ2v) is 10.3. The third-order valence-electron chi connectivity index (χ3n) is 8.19. The summed E-state index contributed by atoms with van der Waals surface area (Å²) >= 11 is 0. The van der Waals surface area contributed by atoms with E-state index in [1.165, 1.54) is 38.5 Å². The van der Waals surface area contributed by atoms with Crippen LogP contribution in [0.25, 0.3) is 17.1 Å². The third-order valence-corrected chi connectivity index (χ3v) is 8.19. The van der Waals surface area contributed by atoms with Gasteiger partial charge < -0.3 is 5.32 Å². The summed E-state index contributed by atoms with van der Waals surface area (Å²) in [6.45, 7) is 2.21. The van der Waals surface area contributed by atoms with Crippen LogP contribution >= 0.6 is 0 Å². The molecule has 2 aromatic carbocycles. The average Bonchev–Trinajstić information content (AvgIpc) is 3.25. The fourth-order valence-corrected chi connectivity index (χ4v) is 7.05. The van der Waals surface area contributed by atoms with Crippen molar-refractivity contribution >= 4 is 5.91 Å². The number of hydrogen-bond donors (Lipinski definition) is 1. The summed E-state index contributed by atoms with van der Waals surface area (Å²) in [4.78, 5) is 18.0. The fourth-order valence-electron chi connectivity index (χ4n) is 7.05. The number of nitrogens with one attached hydrogen (secondary N) is 1. The maximum absolute atomic E-state index is 13.3. The summed E-state index contributed by atoms with van der Waals surface area (Å²) in [6, 6.07) is 20.0. The molecule has 0 saturated heterocycles. The molecule has 1 amide bonds. The van der Waals surface area contributed by atoms with Gasteiger partial charge in [-0.2, -0.15) is 0 Å². The predicted molar refractivity (Wildman–Crippen MR) is 124 cm³/mol. The Morgan fingerprint density at radius 2 is 1.50 bits per heavy atom. The van der Waals surface area contributed by atoms with E-state index >= 15 is 0 Å². The highest BCUT2D eigenvalue weighted by Gasteiger charge is 2.53. The van der Waals surface area contributed by atoms with Gasteiger partial charge in [0.15, 0.2) is 5.82 Å². The van der Waals surface area contributed by atoms with Crippen LogP contribution in [0.5, 0.6) is 0 Å².